The number of benzene rings is 1. The third-order valence-electron chi connectivity index (χ3n) is 2.37. The number of aromatic nitrogens is 2. The Labute approximate surface area is 109 Å². The van der Waals surface area contributed by atoms with E-state index >= 15 is 0 Å². The first-order valence-electron chi connectivity index (χ1n) is 5.56. The Balaban J connectivity index is 2.20. The summed E-state index contributed by atoms with van der Waals surface area (Å²) in [6.45, 7) is 0.210. The van der Waals surface area contributed by atoms with Crippen LogP contribution >= 0.6 is 0 Å². The van der Waals surface area contributed by atoms with Gasteiger partial charge in [-0.25, -0.2) is 4.98 Å². The fourth-order valence-corrected chi connectivity index (χ4v) is 1.44. The van der Waals surface area contributed by atoms with E-state index in [0.29, 0.717) is 0 Å². The summed E-state index contributed by atoms with van der Waals surface area (Å²) in [6.07, 6.45) is 1.12. The molecule has 0 fully saturated rings. The first kappa shape index (κ1) is 12.7. The number of nitrogens with one attached hydrogen (secondary N) is 1. The van der Waals surface area contributed by atoms with Gasteiger partial charge in [-0.15, -0.1) is 0 Å². The van der Waals surface area contributed by atoms with E-state index < -0.39 is 4.92 Å². The summed E-state index contributed by atoms with van der Waals surface area (Å²) in [7, 11) is 1.63. The number of hydrogen-bond acceptors (Lipinski definition) is 6. The molecular formula is C12H12N4O3. The van der Waals surface area contributed by atoms with Crippen molar-refractivity contribution < 1.29 is 9.66 Å². The van der Waals surface area contributed by atoms with Crippen LogP contribution in [0.15, 0.2) is 36.5 Å². The first-order chi connectivity index (χ1) is 9.20. The largest absolute Gasteiger partial charge is 0.468 e. The standard InChI is InChI=1S/C12H12N4O3/c1-13-12-14-7-10(16(17)18)11(15-12)19-8-9-5-3-2-4-6-9/h2-7H,8H2,1H3,(H,13,14,15). The van der Waals surface area contributed by atoms with Gasteiger partial charge in [-0.3, -0.25) is 10.1 Å². The van der Waals surface area contributed by atoms with Crippen molar-refractivity contribution in [1.29, 1.82) is 0 Å². The lowest BCUT2D eigenvalue weighted by Crippen LogP contribution is -2.04. The van der Waals surface area contributed by atoms with Gasteiger partial charge in [0.15, 0.2) is 0 Å². The minimum absolute atomic E-state index is 0.0480. The summed E-state index contributed by atoms with van der Waals surface area (Å²) in [4.78, 5) is 18.0. The Morgan fingerprint density at radius 3 is 2.74 bits per heavy atom. The van der Waals surface area contributed by atoms with Gasteiger partial charge in [0.1, 0.15) is 12.8 Å². The molecule has 1 aromatic carbocycles. The minimum Gasteiger partial charge on any atom is -0.468 e. The van der Waals surface area contributed by atoms with Crippen LogP contribution < -0.4 is 10.1 Å². The molecular weight excluding hydrogens is 248 g/mol. The minimum atomic E-state index is -0.570. The molecule has 1 aromatic heterocycles. The van der Waals surface area contributed by atoms with Crippen molar-refractivity contribution in [2.45, 2.75) is 6.61 Å². The molecule has 0 bridgehead atoms. The molecule has 0 saturated heterocycles. The van der Waals surface area contributed by atoms with E-state index in [-0.39, 0.29) is 24.1 Å². The van der Waals surface area contributed by atoms with E-state index in [1.54, 1.807) is 7.05 Å². The van der Waals surface area contributed by atoms with Crippen LogP contribution in [0.4, 0.5) is 11.6 Å². The average Bonchev–Trinajstić information content (AvgIpc) is 2.45. The van der Waals surface area contributed by atoms with Crippen molar-refractivity contribution in [3.05, 3.63) is 52.2 Å². The van der Waals surface area contributed by atoms with Gasteiger partial charge < -0.3 is 10.1 Å². The first-order valence-corrected chi connectivity index (χ1v) is 5.56. The highest BCUT2D eigenvalue weighted by Gasteiger charge is 2.18. The lowest BCUT2D eigenvalue weighted by Gasteiger charge is -2.06. The number of nitro groups is 1. The van der Waals surface area contributed by atoms with Crippen LogP contribution in [0.5, 0.6) is 5.88 Å². The van der Waals surface area contributed by atoms with E-state index in [2.05, 4.69) is 15.3 Å². The van der Waals surface area contributed by atoms with E-state index in [1.807, 2.05) is 30.3 Å². The molecule has 0 aliphatic carbocycles. The predicted octanol–water partition coefficient (Wildman–Crippen LogP) is 2.01. The molecule has 0 unspecified atom stereocenters. The summed E-state index contributed by atoms with van der Waals surface area (Å²) in [5.74, 6) is 0.224. The van der Waals surface area contributed by atoms with Crippen molar-refractivity contribution in [2.75, 3.05) is 12.4 Å². The zero-order valence-corrected chi connectivity index (χ0v) is 10.2. The molecule has 2 aromatic rings. The van der Waals surface area contributed by atoms with E-state index in [9.17, 15) is 10.1 Å². The molecule has 7 heteroatoms. The second-order valence-corrected chi connectivity index (χ2v) is 3.67. The number of hydrogen-bond donors (Lipinski definition) is 1. The van der Waals surface area contributed by atoms with Crippen molar-refractivity contribution in [3.63, 3.8) is 0 Å². The SMILES string of the molecule is CNc1ncc([N+](=O)[O-])c(OCc2ccccc2)n1. The molecule has 0 amide bonds. The third kappa shape index (κ3) is 3.15. The van der Waals surface area contributed by atoms with Crippen LogP contribution in [-0.2, 0) is 6.61 Å². The maximum absolute atomic E-state index is 10.9. The van der Waals surface area contributed by atoms with Gasteiger partial charge in [0.05, 0.1) is 4.92 Å². The molecule has 0 saturated carbocycles. The molecule has 1 heterocycles. The fourth-order valence-electron chi connectivity index (χ4n) is 1.44. The fraction of sp³-hybridized carbons (Fsp3) is 0.167. The van der Waals surface area contributed by atoms with E-state index in [1.165, 1.54) is 0 Å². The number of ether oxygens (including phenoxy) is 1. The topological polar surface area (TPSA) is 90.2 Å². The molecule has 19 heavy (non-hydrogen) atoms. The quantitative estimate of drug-likeness (QED) is 0.653. The Bertz CT molecular complexity index is 574. The maximum Gasteiger partial charge on any atom is 0.349 e. The maximum atomic E-state index is 10.9. The summed E-state index contributed by atoms with van der Waals surface area (Å²) in [5.41, 5.74) is 0.649. The van der Waals surface area contributed by atoms with Crippen molar-refractivity contribution in [3.8, 4) is 5.88 Å². The molecule has 2 rings (SSSR count). The molecule has 0 spiro atoms. The lowest BCUT2D eigenvalue weighted by atomic mass is 10.2. The van der Waals surface area contributed by atoms with Crippen LogP contribution in [0, 0.1) is 10.1 Å². The van der Waals surface area contributed by atoms with Crippen molar-refractivity contribution in [1.82, 2.24) is 9.97 Å². The second kappa shape index (κ2) is 5.76. The van der Waals surface area contributed by atoms with Gasteiger partial charge >= 0.3 is 5.69 Å². The zero-order valence-electron chi connectivity index (χ0n) is 10.2. The molecule has 1 N–H and O–H groups in total. The highest BCUT2D eigenvalue weighted by molar-refractivity contribution is 5.43. The van der Waals surface area contributed by atoms with E-state index in [4.69, 9.17) is 4.74 Å². The highest BCUT2D eigenvalue weighted by atomic mass is 16.6. The van der Waals surface area contributed by atoms with Gasteiger partial charge in [-0.2, -0.15) is 4.98 Å². The summed E-state index contributed by atoms with van der Waals surface area (Å²) < 4.78 is 5.39. The monoisotopic (exact) mass is 260 g/mol. The van der Waals surface area contributed by atoms with Crippen LogP contribution in [0.1, 0.15) is 5.56 Å². The number of rotatable bonds is 5. The predicted molar refractivity (Wildman–Crippen MR) is 69.0 cm³/mol. The van der Waals surface area contributed by atoms with Crippen LogP contribution in [-0.4, -0.2) is 21.9 Å². The number of anilines is 1. The van der Waals surface area contributed by atoms with Crippen molar-refractivity contribution >= 4 is 11.6 Å². The van der Waals surface area contributed by atoms with Gasteiger partial charge in [0.25, 0.3) is 5.88 Å². The van der Waals surface area contributed by atoms with Crippen molar-refractivity contribution in [2.24, 2.45) is 0 Å². The summed E-state index contributed by atoms with van der Waals surface area (Å²) in [6, 6.07) is 9.35. The molecule has 0 atom stereocenters. The van der Waals surface area contributed by atoms with E-state index in [0.717, 1.165) is 11.8 Å². The second-order valence-electron chi connectivity index (χ2n) is 3.67. The summed E-state index contributed by atoms with van der Waals surface area (Å²) >= 11 is 0. The normalized spacial score (nSPS) is 9.95. The Hall–Kier alpha value is -2.70. The molecule has 0 aliphatic heterocycles. The Morgan fingerprint density at radius 1 is 1.37 bits per heavy atom. The van der Waals surface area contributed by atoms with Gasteiger partial charge in [0.2, 0.25) is 5.95 Å². The smallest absolute Gasteiger partial charge is 0.349 e. The van der Waals surface area contributed by atoms with Crippen LogP contribution in [0.2, 0.25) is 0 Å². The van der Waals surface area contributed by atoms with Gasteiger partial charge in [-0.1, -0.05) is 30.3 Å². The summed E-state index contributed by atoms with van der Waals surface area (Å²) in [5, 5.41) is 13.6. The molecule has 0 radical (unpaired) electrons. The third-order valence-corrected chi connectivity index (χ3v) is 2.37. The van der Waals surface area contributed by atoms with Gasteiger partial charge in [-0.05, 0) is 5.56 Å². The zero-order chi connectivity index (χ0) is 13.7. The Kier molecular flexibility index (Phi) is 3.87. The lowest BCUT2D eigenvalue weighted by molar-refractivity contribution is -0.386. The number of nitrogens with zero attached hydrogens (tertiary/aromatic N) is 3. The van der Waals surface area contributed by atoms with Crippen LogP contribution in [0.3, 0.4) is 0 Å². The molecule has 98 valence electrons. The van der Waals surface area contributed by atoms with Crippen LogP contribution in [0.25, 0.3) is 0 Å². The Morgan fingerprint density at radius 2 is 2.11 bits per heavy atom. The molecule has 7 nitrogen and oxygen atoms in total. The highest BCUT2D eigenvalue weighted by Crippen LogP contribution is 2.25. The average molecular weight is 260 g/mol. The van der Waals surface area contributed by atoms with Gasteiger partial charge in [0, 0.05) is 7.05 Å². The molecule has 0 aliphatic rings.